The molecule has 0 heterocycles. The summed E-state index contributed by atoms with van der Waals surface area (Å²) in [5, 5.41) is 0. The third kappa shape index (κ3) is 2.98. The third-order valence-electron chi connectivity index (χ3n) is 2.25. The Morgan fingerprint density at radius 3 is 2.31 bits per heavy atom. The largest absolute Gasteiger partial charge is 0.468 e. The van der Waals surface area contributed by atoms with Gasteiger partial charge in [0.25, 0.3) is 0 Å². The summed E-state index contributed by atoms with van der Waals surface area (Å²) in [4.78, 5) is 22.3. The molecule has 1 rings (SSSR count). The summed E-state index contributed by atoms with van der Waals surface area (Å²) in [5.74, 6) is -2.26. The second-order valence-electron chi connectivity index (χ2n) is 3.42. The van der Waals surface area contributed by atoms with Crippen LogP contribution in [0.4, 0.5) is 5.69 Å². The van der Waals surface area contributed by atoms with Gasteiger partial charge in [0.05, 0.1) is 7.11 Å². The first-order valence-electron chi connectivity index (χ1n) is 4.76. The van der Waals surface area contributed by atoms with Crippen molar-refractivity contribution in [2.45, 2.75) is 6.42 Å². The number of nitrogen functional groups attached to an aromatic ring is 1. The van der Waals surface area contributed by atoms with E-state index in [-0.39, 0.29) is 6.42 Å². The predicted octanol–water partition coefficient (Wildman–Crippen LogP) is 0.0858. The highest BCUT2D eigenvalue weighted by Gasteiger charge is 2.25. The van der Waals surface area contributed by atoms with E-state index in [4.69, 9.17) is 11.5 Å². The van der Waals surface area contributed by atoms with Crippen LogP contribution in [0.1, 0.15) is 5.56 Å². The number of carbonyl (C=O) groups is 2. The van der Waals surface area contributed by atoms with Gasteiger partial charge in [-0.15, -0.1) is 0 Å². The molecule has 0 fully saturated rings. The normalized spacial score (nSPS) is 11.8. The Balaban J connectivity index is 2.80. The van der Waals surface area contributed by atoms with Crippen LogP contribution in [0.5, 0.6) is 0 Å². The second-order valence-corrected chi connectivity index (χ2v) is 3.42. The molecule has 5 heteroatoms. The first-order chi connectivity index (χ1) is 7.54. The molecule has 16 heavy (non-hydrogen) atoms. The molecule has 0 radical (unpaired) electrons. The lowest BCUT2D eigenvalue weighted by molar-refractivity contribution is -0.149. The highest BCUT2D eigenvalue weighted by atomic mass is 16.5. The van der Waals surface area contributed by atoms with E-state index < -0.39 is 17.8 Å². The van der Waals surface area contributed by atoms with E-state index in [1.807, 2.05) is 0 Å². The highest BCUT2D eigenvalue weighted by molar-refractivity contribution is 5.97. The number of carbonyl (C=O) groups excluding carboxylic acids is 2. The van der Waals surface area contributed by atoms with Crippen molar-refractivity contribution >= 4 is 17.6 Å². The van der Waals surface area contributed by atoms with Gasteiger partial charge in [0.15, 0.2) is 0 Å². The highest BCUT2D eigenvalue weighted by Crippen LogP contribution is 2.12. The maximum atomic E-state index is 11.3. The smallest absolute Gasteiger partial charge is 0.318 e. The van der Waals surface area contributed by atoms with Gasteiger partial charge in [-0.1, -0.05) is 12.1 Å². The number of nitrogens with two attached hydrogens (primary N) is 2. The van der Waals surface area contributed by atoms with Crippen molar-refractivity contribution < 1.29 is 14.3 Å². The molecule has 86 valence electrons. The topological polar surface area (TPSA) is 95.4 Å². The van der Waals surface area contributed by atoms with Crippen molar-refractivity contribution in [3.63, 3.8) is 0 Å². The number of hydrogen-bond donors (Lipinski definition) is 2. The number of anilines is 1. The molecular weight excluding hydrogens is 208 g/mol. The summed E-state index contributed by atoms with van der Waals surface area (Å²) in [6.45, 7) is 0. The molecule has 0 saturated heterocycles. The minimum Gasteiger partial charge on any atom is -0.468 e. The molecule has 1 aromatic rings. The number of amides is 1. The van der Waals surface area contributed by atoms with Crippen LogP contribution in [0, 0.1) is 5.92 Å². The Hall–Kier alpha value is -2.04. The van der Waals surface area contributed by atoms with Gasteiger partial charge >= 0.3 is 5.97 Å². The zero-order valence-corrected chi connectivity index (χ0v) is 8.97. The minimum absolute atomic E-state index is 0.224. The zero-order chi connectivity index (χ0) is 12.1. The Kier molecular flexibility index (Phi) is 3.88. The van der Waals surface area contributed by atoms with Crippen LogP contribution in [-0.4, -0.2) is 19.0 Å². The molecule has 0 spiro atoms. The Morgan fingerprint density at radius 2 is 1.88 bits per heavy atom. The van der Waals surface area contributed by atoms with Crippen LogP contribution in [0.15, 0.2) is 24.3 Å². The lowest BCUT2D eigenvalue weighted by Crippen LogP contribution is -2.32. The molecule has 5 nitrogen and oxygen atoms in total. The summed E-state index contributed by atoms with van der Waals surface area (Å²) in [6, 6.07) is 6.89. The van der Waals surface area contributed by atoms with Gasteiger partial charge in [0, 0.05) is 5.69 Å². The van der Waals surface area contributed by atoms with Crippen LogP contribution in [0.3, 0.4) is 0 Å². The van der Waals surface area contributed by atoms with Crippen LogP contribution >= 0.6 is 0 Å². The van der Waals surface area contributed by atoms with Gasteiger partial charge < -0.3 is 16.2 Å². The summed E-state index contributed by atoms with van der Waals surface area (Å²) in [5.41, 5.74) is 12.1. The van der Waals surface area contributed by atoms with Crippen molar-refractivity contribution in [2.24, 2.45) is 11.7 Å². The SMILES string of the molecule is COC(=O)C(Cc1ccc(N)cc1)C(N)=O. The number of rotatable bonds is 4. The first-order valence-corrected chi connectivity index (χ1v) is 4.76. The van der Waals surface area contributed by atoms with E-state index in [1.54, 1.807) is 24.3 Å². The van der Waals surface area contributed by atoms with Crippen LogP contribution < -0.4 is 11.5 Å². The van der Waals surface area contributed by atoms with Gasteiger partial charge in [0.2, 0.25) is 5.91 Å². The average molecular weight is 222 g/mol. The van der Waals surface area contributed by atoms with Crippen molar-refractivity contribution in [1.29, 1.82) is 0 Å². The number of primary amides is 1. The number of hydrogen-bond acceptors (Lipinski definition) is 4. The Bertz CT molecular complexity index is 387. The Morgan fingerprint density at radius 1 is 1.31 bits per heavy atom. The molecule has 1 atom stereocenters. The van der Waals surface area contributed by atoms with Crippen molar-refractivity contribution in [1.82, 2.24) is 0 Å². The first kappa shape index (κ1) is 12.0. The summed E-state index contributed by atoms with van der Waals surface area (Å²) in [7, 11) is 1.22. The number of methoxy groups -OCH3 is 1. The molecule has 0 aromatic heterocycles. The van der Waals surface area contributed by atoms with E-state index in [0.29, 0.717) is 5.69 Å². The molecule has 0 aliphatic carbocycles. The number of ether oxygens (including phenoxy) is 1. The molecule has 0 saturated carbocycles. The minimum atomic E-state index is -0.950. The molecule has 4 N–H and O–H groups in total. The zero-order valence-electron chi connectivity index (χ0n) is 8.97. The lowest BCUT2D eigenvalue weighted by atomic mass is 9.99. The van der Waals surface area contributed by atoms with Crippen LogP contribution in [0.2, 0.25) is 0 Å². The molecule has 1 aromatic carbocycles. The second kappa shape index (κ2) is 5.16. The summed E-state index contributed by atoms with van der Waals surface area (Å²) in [6.07, 6.45) is 0.224. The molecular formula is C11H14N2O3. The van der Waals surface area contributed by atoms with Crippen molar-refractivity contribution in [2.75, 3.05) is 12.8 Å². The van der Waals surface area contributed by atoms with Crippen LogP contribution in [0.25, 0.3) is 0 Å². The maximum absolute atomic E-state index is 11.3. The van der Waals surface area contributed by atoms with Gasteiger partial charge in [-0.25, -0.2) is 0 Å². The maximum Gasteiger partial charge on any atom is 0.318 e. The fourth-order valence-electron chi connectivity index (χ4n) is 1.33. The Labute approximate surface area is 93.4 Å². The monoisotopic (exact) mass is 222 g/mol. The van der Waals surface area contributed by atoms with Crippen molar-refractivity contribution in [3.05, 3.63) is 29.8 Å². The molecule has 1 unspecified atom stereocenters. The quantitative estimate of drug-likeness (QED) is 0.428. The molecule has 0 aliphatic rings. The van der Waals surface area contributed by atoms with E-state index in [2.05, 4.69) is 4.74 Å². The van der Waals surface area contributed by atoms with Crippen molar-refractivity contribution in [3.8, 4) is 0 Å². The lowest BCUT2D eigenvalue weighted by Gasteiger charge is -2.10. The van der Waals surface area contributed by atoms with Gasteiger partial charge in [-0.3, -0.25) is 9.59 Å². The fourth-order valence-corrected chi connectivity index (χ4v) is 1.33. The predicted molar refractivity (Wildman–Crippen MR) is 59.3 cm³/mol. The van der Waals surface area contributed by atoms with Gasteiger partial charge in [-0.05, 0) is 24.1 Å². The van der Waals surface area contributed by atoms with E-state index in [9.17, 15) is 9.59 Å². The molecule has 0 bridgehead atoms. The van der Waals surface area contributed by atoms with Gasteiger partial charge in [-0.2, -0.15) is 0 Å². The summed E-state index contributed by atoms with van der Waals surface area (Å²) >= 11 is 0. The average Bonchev–Trinajstić information content (AvgIpc) is 2.27. The number of esters is 1. The molecule has 0 aliphatic heterocycles. The van der Waals surface area contributed by atoms with E-state index in [0.717, 1.165) is 5.56 Å². The van der Waals surface area contributed by atoms with Crippen LogP contribution in [-0.2, 0) is 20.7 Å². The summed E-state index contributed by atoms with van der Waals surface area (Å²) < 4.78 is 4.51. The van der Waals surface area contributed by atoms with E-state index in [1.165, 1.54) is 7.11 Å². The van der Waals surface area contributed by atoms with Gasteiger partial charge in [0.1, 0.15) is 5.92 Å². The number of benzene rings is 1. The molecule has 1 amide bonds. The fraction of sp³-hybridized carbons (Fsp3) is 0.273. The standard InChI is InChI=1S/C11H14N2O3/c1-16-11(15)9(10(13)14)6-7-2-4-8(12)5-3-7/h2-5,9H,6,12H2,1H3,(H2,13,14). The third-order valence-corrected chi connectivity index (χ3v) is 2.25. The van der Waals surface area contributed by atoms with E-state index >= 15 is 0 Å².